The van der Waals surface area contributed by atoms with Crippen LogP contribution in [0.1, 0.15) is 65.7 Å². The van der Waals surface area contributed by atoms with Gasteiger partial charge in [0.1, 0.15) is 0 Å². The molecular formula is C22H34O4. The monoisotopic (exact) mass is 362 g/mol. The van der Waals surface area contributed by atoms with E-state index in [1.807, 2.05) is 0 Å². The van der Waals surface area contributed by atoms with Crippen molar-refractivity contribution < 1.29 is 19.7 Å². The molecule has 0 amide bonds. The molecule has 4 nitrogen and oxygen atoms in total. The first-order valence-electron chi connectivity index (χ1n) is 10.3. The molecule has 4 rings (SSSR count). The molecule has 1 spiro atoms. The van der Waals surface area contributed by atoms with Crippen molar-refractivity contribution in [3.63, 3.8) is 0 Å². The Morgan fingerprint density at radius 1 is 1.19 bits per heavy atom. The fourth-order valence-corrected chi connectivity index (χ4v) is 7.75. The molecule has 0 radical (unpaired) electrons. The predicted molar refractivity (Wildman–Crippen MR) is 99.2 cm³/mol. The van der Waals surface area contributed by atoms with Gasteiger partial charge in [-0.3, -0.25) is 4.79 Å². The van der Waals surface area contributed by atoms with E-state index in [1.54, 1.807) is 0 Å². The highest BCUT2D eigenvalue weighted by molar-refractivity contribution is 5.65. The average Bonchev–Trinajstić information content (AvgIpc) is 2.83. The van der Waals surface area contributed by atoms with E-state index in [2.05, 4.69) is 20.4 Å². The summed E-state index contributed by atoms with van der Waals surface area (Å²) in [7, 11) is 0. The van der Waals surface area contributed by atoms with Gasteiger partial charge in [-0.25, -0.2) is 0 Å². The minimum absolute atomic E-state index is 0.0180. The van der Waals surface area contributed by atoms with Crippen molar-refractivity contribution in [1.82, 2.24) is 0 Å². The molecule has 4 fully saturated rings. The molecule has 2 bridgehead atoms. The van der Waals surface area contributed by atoms with E-state index < -0.39 is 11.5 Å². The Hall–Kier alpha value is -0.870. The summed E-state index contributed by atoms with van der Waals surface area (Å²) in [5.74, 6) is 0.909. The van der Waals surface area contributed by atoms with E-state index in [9.17, 15) is 15.0 Å². The van der Waals surface area contributed by atoms with E-state index >= 15 is 0 Å². The van der Waals surface area contributed by atoms with Crippen LogP contribution in [0.4, 0.5) is 0 Å². The highest BCUT2D eigenvalue weighted by atomic mass is 16.5. The molecule has 4 aliphatic carbocycles. The van der Waals surface area contributed by atoms with Crippen molar-refractivity contribution >= 4 is 5.97 Å². The highest BCUT2D eigenvalue weighted by Crippen LogP contribution is 2.72. The number of carbonyl (C=O) groups excluding carboxylic acids is 1. The summed E-state index contributed by atoms with van der Waals surface area (Å²) in [6.07, 6.45) is 5.98. The number of aliphatic hydroxyl groups is 2. The van der Waals surface area contributed by atoms with Gasteiger partial charge in [0.25, 0.3) is 0 Å². The molecule has 4 heteroatoms. The largest absolute Gasteiger partial charge is 0.465 e. The maximum Gasteiger partial charge on any atom is 0.302 e. The Kier molecular flexibility index (Phi) is 4.13. The number of ether oxygens (including phenoxy) is 1. The van der Waals surface area contributed by atoms with Crippen molar-refractivity contribution in [1.29, 1.82) is 0 Å². The lowest BCUT2D eigenvalue weighted by Crippen LogP contribution is -2.65. The lowest BCUT2D eigenvalue weighted by Gasteiger charge is -2.66. The molecular weight excluding hydrogens is 328 g/mol. The number of hydrogen-bond donors (Lipinski definition) is 2. The maximum absolute atomic E-state index is 11.4. The molecule has 4 saturated carbocycles. The number of hydrogen-bond acceptors (Lipinski definition) is 4. The zero-order chi connectivity index (χ0) is 18.9. The molecule has 0 aliphatic heterocycles. The summed E-state index contributed by atoms with van der Waals surface area (Å²) < 4.78 is 5.40. The van der Waals surface area contributed by atoms with E-state index in [0.29, 0.717) is 18.3 Å². The molecule has 8 atom stereocenters. The van der Waals surface area contributed by atoms with Gasteiger partial charge in [0, 0.05) is 17.8 Å². The van der Waals surface area contributed by atoms with Gasteiger partial charge in [-0.15, -0.1) is 0 Å². The number of carbonyl (C=O) groups is 1. The summed E-state index contributed by atoms with van der Waals surface area (Å²) in [5.41, 5.74) is 0.902. The average molecular weight is 363 g/mol. The molecule has 0 saturated heterocycles. The SMILES string of the molecule is C=C1C[C@]23C[C@H]1CC[C@H]2[C@]1(C)CC[C@H](O)[C@](C)(COC(C)=O)[C@H]1C[C@@H]3O. The second-order valence-corrected chi connectivity index (χ2v) is 10.2. The number of allylic oxidation sites excluding steroid dienone is 1. The van der Waals surface area contributed by atoms with E-state index in [-0.39, 0.29) is 35.4 Å². The first kappa shape index (κ1) is 18.5. The van der Waals surface area contributed by atoms with E-state index in [0.717, 1.165) is 32.1 Å². The fraction of sp³-hybridized carbons (Fsp3) is 0.864. The second-order valence-electron chi connectivity index (χ2n) is 10.2. The van der Waals surface area contributed by atoms with Crippen LogP contribution < -0.4 is 0 Å². The third kappa shape index (κ3) is 2.30. The van der Waals surface area contributed by atoms with Gasteiger partial charge in [0.15, 0.2) is 0 Å². The first-order valence-corrected chi connectivity index (χ1v) is 10.3. The highest BCUT2D eigenvalue weighted by Gasteiger charge is 2.68. The molecule has 4 aliphatic rings. The summed E-state index contributed by atoms with van der Waals surface area (Å²) in [4.78, 5) is 11.4. The van der Waals surface area contributed by atoms with Gasteiger partial charge in [-0.05, 0) is 68.1 Å². The van der Waals surface area contributed by atoms with Crippen LogP contribution in [0, 0.1) is 34.0 Å². The number of fused-ring (bicyclic) bond motifs is 3. The van der Waals surface area contributed by atoms with Crippen LogP contribution in [-0.4, -0.2) is 35.0 Å². The molecule has 0 aromatic carbocycles. The van der Waals surface area contributed by atoms with Crippen LogP contribution in [0.25, 0.3) is 0 Å². The van der Waals surface area contributed by atoms with Gasteiger partial charge in [-0.1, -0.05) is 26.0 Å². The van der Waals surface area contributed by atoms with Gasteiger partial charge >= 0.3 is 5.97 Å². The summed E-state index contributed by atoms with van der Waals surface area (Å²) in [6.45, 7) is 10.4. The molecule has 2 N–H and O–H groups in total. The third-order valence-corrected chi connectivity index (χ3v) is 9.07. The predicted octanol–water partition coefficient (Wildman–Crippen LogP) is 3.46. The van der Waals surface area contributed by atoms with E-state index in [1.165, 1.54) is 18.9 Å². The summed E-state index contributed by atoms with van der Waals surface area (Å²) in [6, 6.07) is 0. The second kappa shape index (κ2) is 5.81. The normalized spacial score (nSPS) is 53.0. The van der Waals surface area contributed by atoms with Crippen LogP contribution in [0.2, 0.25) is 0 Å². The fourth-order valence-electron chi connectivity index (χ4n) is 7.75. The van der Waals surface area contributed by atoms with Gasteiger partial charge < -0.3 is 14.9 Å². The standard InChI is InChI=1S/C22H34O4/c1-13-10-22-11-15(13)5-6-16(22)20(3)8-7-18(24)21(4,12-26-14(2)23)17(20)9-19(22)25/h15-19,24-25H,1,5-12H2,2-4H3/t15-,16+,17+,18+,19+,20+,21-,22+/m1/s1. The van der Waals surface area contributed by atoms with Crippen LogP contribution in [0.5, 0.6) is 0 Å². The Morgan fingerprint density at radius 3 is 2.62 bits per heavy atom. The van der Waals surface area contributed by atoms with Crippen molar-refractivity contribution in [3.8, 4) is 0 Å². The Balaban J connectivity index is 1.72. The molecule has 0 aromatic heterocycles. The Bertz CT molecular complexity index is 630. The smallest absolute Gasteiger partial charge is 0.302 e. The maximum atomic E-state index is 11.4. The van der Waals surface area contributed by atoms with E-state index in [4.69, 9.17) is 4.74 Å². The Labute approximate surface area is 157 Å². The first-order chi connectivity index (χ1) is 12.1. The van der Waals surface area contributed by atoms with Crippen LogP contribution in [0.3, 0.4) is 0 Å². The lowest BCUT2D eigenvalue weighted by atomic mass is 9.40. The Morgan fingerprint density at radius 2 is 1.92 bits per heavy atom. The topological polar surface area (TPSA) is 66.8 Å². The van der Waals surface area contributed by atoms with Crippen LogP contribution in [-0.2, 0) is 9.53 Å². The minimum Gasteiger partial charge on any atom is -0.465 e. The quantitative estimate of drug-likeness (QED) is 0.583. The zero-order valence-electron chi connectivity index (χ0n) is 16.5. The lowest BCUT2D eigenvalue weighted by molar-refractivity contribution is -0.232. The van der Waals surface area contributed by atoms with Gasteiger partial charge in [-0.2, -0.15) is 0 Å². The zero-order valence-corrected chi connectivity index (χ0v) is 16.5. The molecule has 26 heavy (non-hydrogen) atoms. The minimum atomic E-state index is -0.492. The van der Waals surface area contributed by atoms with Crippen molar-refractivity contribution in [2.45, 2.75) is 77.9 Å². The van der Waals surface area contributed by atoms with Crippen LogP contribution >= 0.6 is 0 Å². The number of rotatable bonds is 2. The van der Waals surface area contributed by atoms with Crippen molar-refractivity contribution in [3.05, 3.63) is 12.2 Å². The molecule has 0 unspecified atom stereocenters. The molecule has 0 aromatic rings. The summed E-state index contributed by atoms with van der Waals surface area (Å²) in [5, 5.41) is 22.2. The van der Waals surface area contributed by atoms with Crippen molar-refractivity contribution in [2.75, 3.05) is 6.61 Å². The molecule has 0 heterocycles. The third-order valence-electron chi connectivity index (χ3n) is 9.07. The number of esters is 1. The van der Waals surface area contributed by atoms with Gasteiger partial charge in [0.05, 0.1) is 18.8 Å². The van der Waals surface area contributed by atoms with Gasteiger partial charge in [0.2, 0.25) is 0 Å². The molecule has 146 valence electrons. The van der Waals surface area contributed by atoms with Crippen LogP contribution in [0.15, 0.2) is 12.2 Å². The van der Waals surface area contributed by atoms with Crippen molar-refractivity contribution in [2.24, 2.45) is 34.0 Å². The number of aliphatic hydroxyl groups excluding tert-OH is 2. The summed E-state index contributed by atoms with van der Waals surface area (Å²) >= 11 is 0.